The van der Waals surface area contributed by atoms with Crippen LogP contribution in [0.15, 0.2) is 41.2 Å². The zero-order valence-electron chi connectivity index (χ0n) is 10.8. The SMILES string of the molecule is CC(Nc1cccc(F)n1)c1ccc2[nH]c(=O)[nH]c2c1. The molecule has 0 amide bonds. The number of hydrogen-bond donors (Lipinski definition) is 3. The first-order valence-corrected chi connectivity index (χ1v) is 6.23. The van der Waals surface area contributed by atoms with Crippen LogP contribution >= 0.6 is 0 Å². The maximum Gasteiger partial charge on any atom is 0.323 e. The van der Waals surface area contributed by atoms with Crippen molar-refractivity contribution < 1.29 is 4.39 Å². The van der Waals surface area contributed by atoms with E-state index >= 15 is 0 Å². The van der Waals surface area contributed by atoms with E-state index in [0.29, 0.717) is 5.82 Å². The first-order chi connectivity index (χ1) is 9.61. The minimum atomic E-state index is -0.521. The molecule has 3 rings (SSSR count). The van der Waals surface area contributed by atoms with Crippen LogP contribution in [0.25, 0.3) is 11.0 Å². The Balaban J connectivity index is 1.88. The van der Waals surface area contributed by atoms with Gasteiger partial charge in [0.15, 0.2) is 0 Å². The molecule has 0 aliphatic rings. The molecule has 6 heteroatoms. The molecule has 2 aromatic heterocycles. The molecule has 0 bridgehead atoms. The molecule has 0 aliphatic carbocycles. The quantitative estimate of drug-likeness (QED) is 0.641. The summed E-state index contributed by atoms with van der Waals surface area (Å²) >= 11 is 0. The predicted octanol–water partition coefficient (Wildman–Crippen LogP) is 2.56. The molecule has 0 spiro atoms. The largest absolute Gasteiger partial charge is 0.363 e. The second-order valence-corrected chi connectivity index (χ2v) is 4.60. The molecule has 0 saturated heterocycles. The number of aromatic amines is 2. The van der Waals surface area contributed by atoms with Crippen molar-refractivity contribution in [1.82, 2.24) is 15.0 Å². The zero-order chi connectivity index (χ0) is 14.1. The number of nitrogens with zero attached hydrogens (tertiary/aromatic N) is 1. The summed E-state index contributed by atoms with van der Waals surface area (Å²) in [4.78, 5) is 20.4. The first-order valence-electron chi connectivity index (χ1n) is 6.23. The Morgan fingerprint density at radius 1 is 1.20 bits per heavy atom. The third-order valence-electron chi connectivity index (χ3n) is 3.12. The molecule has 5 nitrogen and oxygen atoms in total. The Morgan fingerprint density at radius 3 is 2.80 bits per heavy atom. The number of halogens is 1. The lowest BCUT2D eigenvalue weighted by atomic mass is 10.1. The Kier molecular flexibility index (Phi) is 2.98. The lowest BCUT2D eigenvalue weighted by molar-refractivity contribution is 0.584. The molecule has 3 aromatic rings. The minimum Gasteiger partial charge on any atom is -0.363 e. The van der Waals surface area contributed by atoms with Crippen molar-refractivity contribution in [3.63, 3.8) is 0 Å². The second kappa shape index (κ2) is 4.80. The van der Waals surface area contributed by atoms with Crippen molar-refractivity contribution in [2.75, 3.05) is 5.32 Å². The number of anilines is 1. The number of fused-ring (bicyclic) bond motifs is 1. The maximum atomic E-state index is 13.0. The normalized spacial score (nSPS) is 12.5. The number of H-pyrrole nitrogens is 2. The molecule has 20 heavy (non-hydrogen) atoms. The smallest absolute Gasteiger partial charge is 0.323 e. The van der Waals surface area contributed by atoms with Crippen molar-refractivity contribution in [2.45, 2.75) is 13.0 Å². The summed E-state index contributed by atoms with van der Waals surface area (Å²) in [5.74, 6) is -0.0484. The van der Waals surface area contributed by atoms with Gasteiger partial charge in [0.05, 0.1) is 17.1 Å². The zero-order valence-corrected chi connectivity index (χ0v) is 10.8. The predicted molar refractivity (Wildman–Crippen MR) is 75.2 cm³/mol. The van der Waals surface area contributed by atoms with Crippen LogP contribution in [0.1, 0.15) is 18.5 Å². The van der Waals surface area contributed by atoms with E-state index in [1.165, 1.54) is 6.07 Å². The van der Waals surface area contributed by atoms with Crippen molar-refractivity contribution in [3.05, 3.63) is 58.4 Å². The molecule has 0 radical (unpaired) electrons. The van der Waals surface area contributed by atoms with Gasteiger partial charge < -0.3 is 15.3 Å². The summed E-state index contributed by atoms with van der Waals surface area (Å²) in [6, 6.07) is 10.2. The summed E-state index contributed by atoms with van der Waals surface area (Å²) in [6.07, 6.45) is 0. The van der Waals surface area contributed by atoms with Gasteiger partial charge in [-0.05, 0) is 36.8 Å². The van der Waals surface area contributed by atoms with E-state index in [-0.39, 0.29) is 11.7 Å². The Labute approximate surface area is 113 Å². The van der Waals surface area contributed by atoms with Gasteiger partial charge in [-0.1, -0.05) is 12.1 Å². The van der Waals surface area contributed by atoms with E-state index in [0.717, 1.165) is 16.6 Å². The molecule has 1 aromatic carbocycles. The standard InChI is InChI=1S/C14H13FN4O/c1-8(16-13-4-2-3-12(15)19-13)9-5-6-10-11(7-9)18-14(20)17-10/h2-8H,1H3,(H,16,19)(H2,17,18,20). The van der Waals surface area contributed by atoms with Gasteiger partial charge in [-0.15, -0.1) is 0 Å². The van der Waals surface area contributed by atoms with Crippen LogP contribution in [0.5, 0.6) is 0 Å². The lowest BCUT2D eigenvalue weighted by Crippen LogP contribution is -2.08. The van der Waals surface area contributed by atoms with Crippen LogP contribution in [-0.4, -0.2) is 15.0 Å². The average Bonchev–Trinajstić information content (AvgIpc) is 2.77. The number of nitrogens with one attached hydrogen (secondary N) is 3. The molecular formula is C14H13FN4O. The fourth-order valence-electron chi connectivity index (χ4n) is 2.11. The highest BCUT2D eigenvalue weighted by atomic mass is 19.1. The first kappa shape index (κ1) is 12.4. The third kappa shape index (κ3) is 2.40. The van der Waals surface area contributed by atoms with Crippen LogP contribution in [0.3, 0.4) is 0 Å². The van der Waals surface area contributed by atoms with Crippen LogP contribution in [0, 0.1) is 5.95 Å². The Hall–Kier alpha value is -2.63. The van der Waals surface area contributed by atoms with Gasteiger partial charge in [-0.25, -0.2) is 9.78 Å². The summed E-state index contributed by atoms with van der Waals surface area (Å²) < 4.78 is 13.0. The van der Waals surface area contributed by atoms with Crippen LogP contribution in [0.2, 0.25) is 0 Å². The molecule has 0 saturated carbocycles. The van der Waals surface area contributed by atoms with Gasteiger partial charge in [0, 0.05) is 0 Å². The fourth-order valence-corrected chi connectivity index (χ4v) is 2.11. The second-order valence-electron chi connectivity index (χ2n) is 4.60. The number of aromatic nitrogens is 3. The van der Waals surface area contributed by atoms with Gasteiger partial charge in [-0.3, -0.25) is 0 Å². The van der Waals surface area contributed by atoms with Crippen molar-refractivity contribution >= 4 is 16.9 Å². The highest BCUT2D eigenvalue weighted by Gasteiger charge is 2.08. The molecule has 102 valence electrons. The summed E-state index contributed by atoms with van der Waals surface area (Å²) in [7, 11) is 0. The van der Waals surface area contributed by atoms with E-state index in [1.807, 2.05) is 25.1 Å². The molecule has 2 heterocycles. The van der Waals surface area contributed by atoms with Crippen molar-refractivity contribution in [2.24, 2.45) is 0 Å². The topological polar surface area (TPSA) is 73.6 Å². The van der Waals surface area contributed by atoms with Crippen LogP contribution in [-0.2, 0) is 0 Å². The van der Waals surface area contributed by atoms with Gasteiger partial charge in [-0.2, -0.15) is 4.39 Å². The van der Waals surface area contributed by atoms with Gasteiger partial charge in [0.1, 0.15) is 5.82 Å². The fraction of sp³-hybridized carbons (Fsp3) is 0.143. The Bertz CT molecular complexity index is 808. The monoisotopic (exact) mass is 272 g/mol. The number of benzene rings is 1. The number of imidazole rings is 1. The lowest BCUT2D eigenvalue weighted by Gasteiger charge is -2.14. The third-order valence-corrected chi connectivity index (χ3v) is 3.12. The van der Waals surface area contributed by atoms with E-state index < -0.39 is 5.95 Å². The van der Waals surface area contributed by atoms with E-state index in [9.17, 15) is 9.18 Å². The van der Waals surface area contributed by atoms with E-state index in [4.69, 9.17) is 0 Å². The van der Waals surface area contributed by atoms with Crippen molar-refractivity contribution in [3.8, 4) is 0 Å². The summed E-state index contributed by atoms with van der Waals surface area (Å²) in [5, 5.41) is 3.12. The van der Waals surface area contributed by atoms with E-state index in [1.54, 1.807) is 12.1 Å². The van der Waals surface area contributed by atoms with Crippen LogP contribution in [0.4, 0.5) is 10.2 Å². The number of hydrogen-bond acceptors (Lipinski definition) is 3. The van der Waals surface area contributed by atoms with Gasteiger partial charge >= 0.3 is 5.69 Å². The van der Waals surface area contributed by atoms with Crippen molar-refractivity contribution in [1.29, 1.82) is 0 Å². The summed E-state index contributed by atoms with van der Waals surface area (Å²) in [5.41, 5.74) is 2.24. The van der Waals surface area contributed by atoms with E-state index in [2.05, 4.69) is 20.3 Å². The van der Waals surface area contributed by atoms with Crippen LogP contribution < -0.4 is 11.0 Å². The molecular weight excluding hydrogens is 259 g/mol. The summed E-state index contributed by atoms with van der Waals surface area (Å²) in [6.45, 7) is 1.94. The average molecular weight is 272 g/mol. The van der Waals surface area contributed by atoms with Gasteiger partial charge in [0.2, 0.25) is 5.95 Å². The maximum absolute atomic E-state index is 13.0. The molecule has 1 atom stereocenters. The molecule has 3 N–H and O–H groups in total. The highest BCUT2D eigenvalue weighted by Crippen LogP contribution is 2.20. The van der Waals surface area contributed by atoms with Gasteiger partial charge in [0.25, 0.3) is 0 Å². The Morgan fingerprint density at radius 2 is 2.00 bits per heavy atom. The molecule has 1 unspecified atom stereocenters. The highest BCUT2D eigenvalue weighted by molar-refractivity contribution is 5.75. The molecule has 0 aliphatic heterocycles. The number of rotatable bonds is 3. The minimum absolute atomic E-state index is 0.0629. The number of pyridine rings is 1. The molecule has 0 fully saturated rings.